The Labute approximate surface area is 220 Å². The van der Waals surface area contributed by atoms with Crippen molar-refractivity contribution in [3.05, 3.63) is 105 Å². The highest BCUT2D eigenvalue weighted by atomic mass is 35.5. The van der Waals surface area contributed by atoms with E-state index < -0.39 is 6.04 Å². The number of rotatable bonds is 5. The van der Waals surface area contributed by atoms with Crippen molar-refractivity contribution < 1.29 is 5.11 Å². The average Bonchev–Trinajstić information content (AvgIpc) is 3.31. The van der Waals surface area contributed by atoms with E-state index in [1.807, 2.05) is 32.0 Å². The number of hydrogen-bond acceptors (Lipinski definition) is 5. The van der Waals surface area contributed by atoms with Gasteiger partial charge in [0.1, 0.15) is 16.9 Å². The number of nitrogens with zero attached hydrogens (tertiary/aromatic N) is 4. The fraction of sp³-hybridized carbons (Fsp3) is 0.207. The fourth-order valence-corrected chi connectivity index (χ4v) is 6.07. The minimum absolute atomic E-state index is 0.0663. The number of aliphatic hydroxyl groups excluding tert-OH is 1. The Kier molecular flexibility index (Phi) is 6.18. The summed E-state index contributed by atoms with van der Waals surface area (Å²) in [6.07, 6.45) is 0.275. The van der Waals surface area contributed by atoms with Crippen LogP contribution in [0.25, 0.3) is 21.7 Å². The number of aliphatic hydroxyl groups is 1. The summed E-state index contributed by atoms with van der Waals surface area (Å²) in [5.41, 5.74) is 8.12. The third-order valence-electron chi connectivity index (χ3n) is 6.60. The molecule has 0 radical (unpaired) electrons. The Hall–Kier alpha value is -3.48. The number of aryl methyl sites for hydroxylation is 2. The van der Waals surface area contributed by atoms with Crippen LogP contribution in [-0.4, -0.2) is 25.6 Å². The largest absolute Gasteiger partial charge is 0.513 e. The van der Waals surface area contributed by atoms with Gasteiger partial charge in [-0.2, -0.15) is 0 Å². The van der Waals surface area contributed by atoms with E-state index in [1.165, 1.54) is 10.4 Å². The standard InChI is InChI=1S/C29H27ClN4OS/c1-15(2)22-11-12-23(24(30)14-22)20-7-9-21(10-8-20)27-26-17(4)18(5)36-29(26)34-19(6)32-33-28(34)25(31-27)13-16(3)35/h7-12,14,25,35H,1,3,13H2,2,4-6H3. The lowest BCUT2D eigenvalue weighted by atomic mass is 9.96. The van der Waals surface area contributed by atoms with Crippen molar-refractivity contribution >= 4 is 34.2 Å². The van der Waals surface area contributed by atoms with Crippen molar-refractivity contribution in [2.75, 3.05) is 0 Å². The quantitative estimate of drug-likeness (QED) is 0.275. The highest BCUT2D eigenvalue weighted by Gasteiger charge is 2.31. The van der Waals surface area contributed by atoms with Crippen molar-refractivity contribution in [2.24, 2.45) is 4.99 Å². The monoisotopic (exact) mass is 514 g/mol. The first-order valence-corrected chi connectivity index (χ1v) is 12.9. The van der Waals surface area contributed by atoms with Gasteiger partial charge < -0.3 is 5.11 Å². The van der Waals surface area contributed by atoms with Gasteiger partial charge >= 0.3 is 0 Å². The summed E-state index contributed by atoms with van der Waals surface area (Å²) in [6, 6.07) is 13.9. The Morgan fingerprint density at radius 3 is 2.39 bits per heavy atom. The van der Waals surface area contributed by atoms with E-state index in [-0.39, 0.29) is 12.2 Å². The maximum absolute atomic E-state index is 10.1. The molecule has 0 bridgehead atoms. The van der Waals surface area contributed by atoms with Gasteiger partial charge in [0, 0.05) is 33.0 Å². The first-order valence-electron chi connectivity index (χ1n) is 11.7. The zero-order chi connectivity index (χ0) is 25.7. The molecule has 3 heterocycles. The second-order valence-corrected chi connectivity index (χ2v) is 10.8. The number of aliphatic imine (C=N–C) groups is 1. The molecule has 1 atom stereocenters. The van der Waals surface area contributed by atoms with E-state index in [0.717, 1.165) is 49.9 Å². The van der Waals surface area contributed by atoms with Gasteiger partial charge in [0.15, 0.2) is 5.82 Å². The van der Waals surface area contributed by atoms with Crippen molar-refractivity contribution in [1.82, 2.24) is 14.8 Å². The molecule has 36 heavy (non-hydrogen) atoms. The van der Waals surface area contributed by atoms with Gasteiger partial charge in [-0.15, -0.1) is 21.5 Å². The molecule has 1 aliphatic rings. The fourth-order valence-electron chi connectivity index (χ4n) is 4.57. The molecule has 0 fully saturated rings. The number of hydrogen-bond donors (Lipinski definition) is 1. The van der Waals surface area contributed by atoms with Crippen LogP contribution in [0, 0.1) is 20.8 Å². The van der Waals surface area contributed by atoms with Gasteiger partial charge in [0.2, 0.25) is 0 Å². The second kappa shape index (κ2) is 9.19. The lowest BCUT2D eigenvalue weighted by Gasteiger charge is -2.13. The second-order valence-electron chi connectivity index (χ2n) is 9.22. The van der Waals surface area contributed by atoms with Crippen LogP contribution < -0.4 is 0 Å². The Morgan fingerprint density at radius 2 is 1.75 bits per heavy atom. The number of halogens is 1. The third-order valence-corrected chi connectivity index (χ3v) is 8.10. The third kappa shape index (κ3) is 4.10. The van der Waals surface area contributed by atoms with Gasteiger partial charge in [-0.25, -0.2) is 0 Å². The van der Waals surface area contributed by atoms with Gasteiger partial charge in [-0.1, -0.05) is 66.7 Å². The van der Waals surface area contributed by atoms with Gasteiger partial charge in [0.25, 0.3) is 0 Å². The molecular formula is C29H27ClN4OS. The van der Waals surface area contributed by atoms with Gasteiger partial charge in [0.05, 0.1) is 11.5 Å². The molecule has 5 nitrogen and oxygen atoms in total. The highest BCUT2D eigenvalue weighted by Crippen LogP contribution is 2.40. The SMILES string of the molecule is C=C(O)CC1N=C(c2ccc(-c3ccc(C(=C)C)cc3Cl)cc2)c2c(sc(C)c2C)-n2c(C)nnc21. The summed E-state index contributed by atoms with van der Waals surface area (Å²) >= 11 is 8.33. The Bertz CT molecular complexity index is 1560. The number of benzene rings is 2. The lowest BCUT2D eigenvalue weighted by molar-refractivity contribution is 0.375. The first kappa shape index (κ1) is 24.2. The van der Waals surface area contributed by atoms with Crippen LogP contribution in [0.4, 0.5) is 0 Å². The zero-order valence-corrected chi connectivity index (χ0v) is 22.3. The molecule has 0 amide bonds. The molecule has 0 saturated heterocycles. The molecular weight excluding hydrogens is 488 g/mol. The van der Waals surface area contributed by atoms with Crippen LogP contribution in [-0.2, 0) is 0 Å². The van der Waals surface area contributed by atoms with Crippen molar-refractivity contribution in [1.29, 1.82) is 0 Å². The number of thiophene rings is 1. The molecule has 4 aromatic rings. The van der Waals surface area contributed by atoms with E-state index >= 15 is 0 Å². The zero-order valence-electron chi connectivity index (χ0n) is 20.8. The summed E-state index contributed by atoms with van der Waals surface area (Å²) in [4.78, 5) is 6.37. The van der Waals surface area contributed by atoms with Crippen molar-refractivity contribution in [3.8, 4) is 16.1 Å². The molecule has 7 heteroatoms. The maximum Gasteiger partial charge on any atom is 0.163 e. The molecule has 5 rings (SSSR count). The summed E-state index contributed by atoms with van der Waals surface area (Å²) in [7, 11) is 0. The normalized spacial score (nSPS) is 14.6. The summed E-state index contributed by atoms with van der Waals surface area (Å²) < 4.78 is 2.07. The van der Waals surface area contributed by atoms with Crippen molar-refractivity contribution in [3.63, 3.8) is 0 Å². The van der Waals surface area contributed by atoms with Gasteiger partial charge in [-0.3, -0.25) is 9.56 Å². The Balaban J connectivity index is 1.64. The Morgan fingerprint density at radius 1 is 1.06 bits per heavy atom. The number of fused-ring (bicyclic) bond motifs is 3. The summed E-state index contributed by atoms with van der Waals surface area (Å²) in [6.45, 7) is 15.9. The highest BCUT2D eigenvalue weighted by molar-refractivity contribution is 7.15. The van der Waals surface area contributed by atoms with E-state index in [2.05, 4.69) is 66.0 Å². The summed E-state index contributed by atoms with van der Waals surface area (Å²) in [5, 5.41) is 20.6. The van der Waals surface area contributed by atoms with E-state index in [9.17, 15) is 5.11 Å². The predicted molar refractivity (Wildman–Crippen MR) is 150 cm³/mol. The summed E-state index contributed by atoms with van der Waals surface area (Å²) in [5.74, 6) is 1.57. The smallest absolute Gasteiger partial charge is 0.163 e. The minimum atomic E-state index is -0.401. The van der Waals surface area contributed by atoms with E-state index in [4.69, 9.17) is 16.6 Å². The number of aromatic nitrogens is 3. The lowest BCUT2D eigenvalue weighted by Crippen LogP contribution is -2.07. The van der Waals surface area contributed by atoms with Crippen LogP contribution in [0.15, 0.2) is 66.4 Å². The molecule has 0 aliphatic carbocycles. The molecule has 2 aromatic carbocycles. The molecule has 2 aromatic heterocycles. The molecule has 1 unspecified atom stereocenters. The van der Waals surface area contributed by atoms with E-state index in [1.54, 1.807) is 11.3 Å². The maximum atomic E-state index is 10.1. The molecule has 0 saturated carbocycles. The first-order chi connectivity index (χ1) is 17.2. The average molecular weight is 515 g/mol. The van der Waals surface area contributed by atoms with Crippen LogP contribution >= 0.6 is 22.9 Å². The predicted octanol–water partition coefficient (Wildman–Crippen LogP) is 7.96. The van der Waals surface area contributed by atoms with Crippen LogP contribution in [0.3, 0.4) is 0 Å². The molecule has 0 spiro atoms. The van der Waals surface area contributed by atoms with Crippen LogP contribution in [0.5, 0.6) is 0 Å². The molecule has 1 N–H and O–H groups in total. The molecule has 1 aliphatic heterocycles. The van der Waals surface area contributed by atoms with Crippen LogP contribution in [0.2, 0.25) is 5.02 Å². The van der Waals surface area contributed by atoms with Gasteiger partial charge in [-0.05, 0) is 50.5 Å². The van der Waals surface area contributed by atoms with Crippen LogP contribution in [0.1, 0.15) is 58.2 Å². The number of allylic oxidation sites excluding steroid dienone is 1. The molecule has 182 valence electrons. The minimum Gasteiger partial charge on any atom is -0.513 e. The van der Waals surface area contributed by atoms with E-state index in [0.29, 0.717) is 10.8 Å². The topological polar surface area (TPSA) is 63.3 Å². The van der Waals surface area contributed by atoms with Crippen molar-refractivity contribution in [2.45, 2.75) is 40.2 Å².